The van der Waals surface area contributed by atoms with Gasteiger partial charge in [0.15, 0.2) is 6.71 Å². The lowest BCUT2D eigenvalue weighted by Crippen LogP contribution is -2.01. The van der Waals surface area contributed by atoms with E-state index >= 15 is 0 Å². The quantitative estimate of drug-likeness (QED) is 0.412. The highest BCUT2D eigenvalue weighted by molar-refractivity contribution is 6.63. The normalized spacial score (nSPS) is 11.8. The van der Waals surface area contributed by atoms with Crippen molar-refractivity contribution in [2.24, 2.45) is 0 Å². The van der Waals surface area contributed by atoms with Gasteiger partial charge in [0, 0.05) is 0 Å². The highest BCUT2D eigenvalue weighted by Gasteiger charge is 1.98. The lowest BCUT2D eigenvalue weighted by Gasteiger charge is -2.00. The van der Waals surface area contributed by atoms with E-state index in [-0.39, 0.29) is 0 Å². The molecule has 0 unspecified atom stereocenters. The molecule has 0 fully saturated rings. The van der Waals surface area contributed by atoms with Crippen LogP contribution in [0.5, 0.6) is 0 Å². The first-order valence-corrected chi connectivity index (χ1v) is 4.35. The molecule has 0 saturated heterocycles. The molecule has 0 rings (SSSR count). The van der Waals surface area contributed by atoms with Gasteiger partial charge in [0.05, 0.1) is 0 Å². The van der Waals surface area contributed by atoms with E-state index in [1.54, 1.807) is 0 Å². The van der Waals surface area contributed by atoms with Crippen LogP contribution in [0.4, 0.5) is 0 Å². The zero-order chi connectivity index (χ0) is 7.98. The molecule has 1 heteroatoms. The molecule has 0 aliphatic carbocycles. The largest absolute Gasteiger partial charge is 0.163 e. The summed E-state index contributed by atoms with van der Waals surface area (Å²) in [5.74, 6) is 0. The van der Waals surface area contributed by atoms with E-state index in [1.807, 2.05) is 0 Å². The van der Waals surface area contributed by atoms with Crippen molar-refractivity contribution in [3.63, 3.8) is 0 Å². The molecule has 0 N–H and O–H groups in total. The fourth-order valence-electron chi connectivity index (χ4n) is 0.770. The molecule has 0 aromatic carbocycles. The second kappa shape index (κ2) is 5.58. The molecule has 58 valence electrons. The van der Waals surface area contributed by atoms with Gasteiger partial charge >= 0.3 is 0 Å². The van der Waals surface area contributed by atoms with Gasteiger partial charge in [-0.1, -0.05) is 46.4 Å². The van der Waals surface area contributed by atoms with Crippen LogP contribution in [0.2, 0.25) is 13.6 Å². The van der Waals surface area contributed by atoms with Crippen LogP contribution in [0.25, 0.3) is 0 Å². The fourth-order valence-corrected chi connectivity index (χ4v) is 0.770. The Kier molecular flexibility index (Phi) is 5.47. The third kappa shape index (κ3) is 4.66. The van der Waals surface area contributed by atoms with Crippen LogP contribution in [0.1, 0.15) is 33.1 Å². The summed E-state index contributed by atoms with van der Waals surface area (Å²) in [6.07, 6.45) is 6.28. The maximum absolute atomic E-state index is 2.37. The van der Waals surface area contributed by atoms with E-state index in [9.17, 15) is 0 Å². The van der Waals surface area contributed by atoms with Crippen molar-refractivity contribution in [3.8, 4) is 0 Å². The average molecular weight is 138 g/mol. The number of unbranched alkanes of at least 4 members (excludes halogenated alkanes) is 2. The van der Waals surface area contributed by atoms with Crippen LogP contribution in [-0.2, 0) is 0 Å². The molecule has 0 aromatic heterocycles. The molecular formula is C9H19B. The van der Waals surface area contributed by atoms with Gasteiger partial charge in [-0.05, 0) is 6.42 Å². The second-order valence-corrected chi connectivity index (χ2v) is 3.25. The summed E-state index contributed by atoms with van der Waals surface area (Å²) in [5.41, 5.74) is 1.54. The van der Waals surface area contributed by atoms with E-state index < -0.39 is 0 Å². The highest BCUT2D eigenvalue weighted by Crippen LogP contribution is 2.03. The van der Waals surface area contributed by atoms with E-state index in [2.05, 4.69) is 33.6 Å². The summed E-state index contributed by atoms with van der Waals surface area (Å²) in [7, 11) is 0. The van der Waals surface area contributed by atoms with Crippen LogP contribution >= 0.6 is 0 Å². The molecular weight excluding hydrogens is 119 g/mol. The average Bonchev–Trinajstić information content (AvgIpc) is 1.88. The Morgan fingerprint density at radius 1 is 1.40 bits per heavy atom. The Bertz CT molecular complexity index is 103. The Hall–Kier alpha value is -0.195. The van der Waals surface area contributed by atoms with Gasteiger partial charge in [0.2, 0.25) is 0 Å². The van der Waals surface area contributed by atoms with E-state index in [0.717, 1.165) is 6.71 Å². The first-order valence-electron chi connectivity index (χ1n) is 4.35. The number of hydrogen-bond donors (Lipinski definition) is 0. The van der Waals surface area contributed by atoms with Crippen LogP contribution in [0.15, 0.2) is 11.5 Å². The zero-order valence-electron chi connectivity index (χ0n) is 7.78. The maximum Gasteiger partial charge on any atom is 0.163 e. The zero-order valence-corrected chi connectivity index (χ0v) is 7.78. The number of hydrogen-bond acceptors (Lipinski definition) is 0. The lowest BCUT2D eigenvalue weighted by molar-refractivity contribution is 0.813. The van der Waals surface area contributed by atoms with Crippen molar-refractivity contribution in [3.05, 3.63) is 11.5 Å². The van der Waals surface area contributed by atoms with Gasteiger partial charge in [0.25, 0.3) is 0 Å². The summed E-state index contributed by atoms with van der Waals surface area (Å²) in [4.78, 5) is 0. The van der Waals surface area contributed by atoms with Gasteiger partial charge in [-0.3, -0.25) is 0 Å². The van der Waals surface area contributed by atoms with Gasteiger partial charge < -0.3 is 0 Å². The molecule has 0 heterocycles. The topological polar surface area (TPSA) is 0 Å². The number of rotatable bonds is 4. The van der Waals surface area contributed by atoms with Crippen molar-refractivity contribution in [1.29, 1.82) is 0 Å². The van der Waals surface area contributed by atoms with Crippen molar-refractivity contribution in [2.45, 2.75) is 46.8 Å². The Balaban J connectivity index is 3.48. The van der Waals surface area contributed by atoms with Crippen molar-refractivity contribution in [1.82, 2.24) is 0 Å². The minimum Gasteiger partial charge on any atom is -0.109 e. The summed E-state index contributed by atoms with van der Waals surface area (Å²) in [5, 5.41) is 0. The van der Waals surface area contributed by atoms with Gasteiger partial charge in [0.1, 0.15) is 0 Å². The molecule has 0 radical (unpaired) electrons. The van der Waals surface area contributed by atoms with Crippen molar-refractivity contribution in [2.75, 3.05) is 0 Å². The van der Waals surface area contributed by atoms with Gasteiger partial charge in [-0.25, -0.2) is 0 Å². The van der Waals surface area contributed by atoms with Crippen molar-refractivity contribution >= 4 is 6.71 Å². The molecule has 0 atom stereocenters. The third-order valence-electron chi connectivity index (χ3n) is 1.93. The Morgan fingerprint density at radius 2 is 2.00 bits per heavy atom. The summed E-state index contributed by atoms with van der Waals surface area (Å²) in [6, 6.07) is 0. The van der Waals surface area contributed by atoms with Crippen molar-refractivity contribution < 1.29 is 0 Å². The van der Waals surface area contributed by atoms with E-state index in [0.29, 0.717) is 0 Å². The summed E-state index contributed by atoms with van der Waals surface area (Å²) in [6.45, 7) is 9.69. The molecule has 0 aliphatic heterocycles. The minimum absolute atomic E-state index is 0.733. The first-order chi connectivity index (χ1) is 4.68. The van der Waals surface area contributed by atoms with Crippen LogP contribution in [0.3, 0.4) is 0 Å². The smallest absolute Gasteiger partial charge is 0.109 e. The first kappa shape index (κ1) is 9.80. The van der Waals surface area contributed by atoms with E-state index in [4.69, 9.17) is 0 Å². The van der Waals surface area contributed by atoms with Gasteiger partial charge in [-0.15, -0.1) is 5.47 Å². The van der Waals surface area contributed by atoms with Crippen LogP contribution in [0, 0.1) is 0 Å². The molecule has 10 heavy (non-hydrogen) atoms. The lowest BCUT2D eigenvalue weighted by atomic mass is 9.49. The molecule has 0 bridgehead atoms. The fraction of sp³-hybridized carbons (Fsp3) is 0.778. The molecule has 0 aliphatic rings. The molecule has 0 aromatic rings. The van der Waals surface area contributed by atoms with Gasteiger partial charge in [-0.2, -0.15) is 0 Å². The summed E-state index contributed by atoms with van der Waals surface area (Å²) >= 11 is 0. The minimum atomic E-state index is 0.733. The second-order valence-electron chi connectivity index (χ2n) is 3.25. The Morgan fingerprint density at radius 3 is 2.40 bits per heavy atom. The predicted molar refractivity (Wildman–Crippen MR) is 50.8 cm³/mol. The standard InChI is InChI=1S/C9H19B/c1-5-6-7-8-9(2)10(3)4/h8H,5-7H2,1-4H3/b9-8-. The molecule has 0 nitrogen and oxygen atoms in total. The molecule has 0 amide bonds. The Labute approximate surface area is 65.8 Å². The number of allylic oxidation sites excluding steroid dienone is 2. The highest BCUT2D eigenvalue weighted by atomic mass is 13.8. The van der Waals surface area contributed by atoms with E-state index in [1.165, 1.54) is 24.7 Å². The summed E-state index contributed by atoms with van der Waals surface area (Å²) < 4.78 is 0. The molecule has 0 spiro atoms. The van der Waals surface area contributed by atoms with Crippen LogP contribution < -0.4 is 0 Å². The maximum atomic E-state index is 2.37. The monoisotopic (exact) mass is 138 g/mol. The SMILES string of the molecule is CCCC/C=C(/C)B(C)C. The predicted octanol–water partition coefficient (Wildman–Crippen LogP) is 3.42. The third-order valence-corrected chi connectivity index (χ3v) is 1.93. The molecule has 0 saturated carbocycles. The van der Waals surface area contributed by atoms with Crippen LogP contribution in [-0.4, -0.2) is 6.71 Å².